The van der Waals surface area contributed by atoms with Crippen LogP contribution in [-0.2, 0) is 5.41 Å². The van der Waals surface area contributed by atoms with Gasteiger partial charge in [0.05, 0.1) is 0 Å². The lowest BCUT2D eigenvalue weighted by Crippen LogP contribution is -2.16. The van der Waals surface area contributed by atoms with E-state index in [1.165, 1.54) is 31.2 Å². The second-order valence-electron chi connectivity index (χ2n) is 4.27. The van der Waals surface area contributed by atoms with Crippen LogP contribution in [-0.4, -0.2) is 0 Å². The van der Waals surface area contributed by atoms with Crippen LogP contribution in [0.15, 0.2) is 24.3 Å². The molecule has 1 aromatic rings. The Bertz CT molecular complexity index is 286. The van der Waals surface area contributed by atoms with Gasteiger partial charge in [-0.1, -0.05) is 31.9 Å². The van der Waals surface area contributed by atoms with E-state index >= 15 is 0 Å². The normalized spacial score (nSPS) is 19.0. The van der Waals surface area contributed by atoms with Gasteiger partial charge in [-0.3, -0.25) is 0 Å². The Hall–Kier alpha value is -0.890. The molecule has 0 atom stereocenters. The maximum absolute atomic E-state index is 12.7. The first-order chi connectivity index (χ1) is 6.21. The van der Waals surface area contributed by atoms with Gasteiger partial charge in [0.15, 0.2) is 0 Å². The maximum atomic E-state index is 12.7. The van der Waals surface area contributed by atoms with Gasteiger partial charge in [-0.2, -0.15) is 0 Å². The minimum Gasteiger partial charge on any atom is -0.344 e. The van der Waals surface area contributed by atoms with Crippen molar-refractivity contribution in [2.75, 3.05) is 0 Å². The van der Waals surface area contributed by atoms with E-state index in [-0.39, 0.29) is 12.0 Å². The van der Waals surface area contributed by atoms with Crippen molar-refractivity contribution in [1.29, 1.82) is 0 Å². The predicted molar refractivity (Wildman–Crippen MR) is 57.2 cm³/mol. The minimum atomic E-state index is -0.134. The molecule has 14 heavy (non-hydrogen) atoms. The molecule has 0 bridgehead atoms. The second kappa shape index (κ2) is 4.09. The molecule has 1 saturated carbocycles. The molecule has 0 aliphatic heterocycles. The lowest BCUT2D eigenvalue weighted by atomic mass is 9.81. The number of hydrogen-bond donors (Lipinski definition) is 1. The van der Waals surface area contributed by atoms with Gasteiger partial charge in [0.25, 0.3) is 0 Å². The predicted octanol–water partition coefficient (Wildman–Crippen LogP) is 3.82. The highest BCUT2D eigenvalue weighted by molar-refractivity contribution is 5.25. The summed E-state index contributed by atoms with van der Waals surface area (Å²) in [7, 11) is 0. The van der Waals surface area contributed by atoms with Crippen LogP contribution in [0, 0.1) is 5.82 Å². The lowest BCUT2D eigenvalue weighted by molar-refractivity contribution is 0.490. The Kier molecular flexibility index (Phi) is 3.27. The number of rotatable bonds is 1. The molecule has 0 amide bonds. The van der Waals surface area contributed by atoms with Crippen molar-refractivity contribution in [3.05, 3.63) is 35.6 Å². The van der Waals surface area contributed by atoms with Crippen molar-refractivity contribution in [3.63, 3.8) is 0 Å². The van der Waals surface area contributed by atoms with Crippen LogP contribution in [0.1, 0.15) is 38.2 Å². The summed E-state index contributed by atoms with van der Waals surface area (Å²) in [6.07, 6.45) is 5.12. The summed E-state index contributed by atoms with van der Waals surface area (Å²) in [5.74, 6) is -0.134. The van der Waals surface area contributed by atoms with E-state index in [0.717, 1.165) is 0 Å². The molecule has 3 N–H and O–H groups in total. The molecule has 1 aromatic carbocycles. The average Bonchev–Trinajstić information content (AvgIpc) is 2.54. The van der Waals surface area contributed by atoms with Crippen LogP contribution < -0.4 is 6.15 Å². The Morgan fingerprint density at radius 2 is 1.57 bits per heavy atom. The first kappa shape index (κ1) is 11.2. The van der Waals surface area contributed by atoms with E-state index in [1.807, 2.05) is 12.1 Å². The zero-order valence-corrected chi connectivity index (χ0v) is 8.72. The van der Waals surface area contributed by atoms with E-state index < -0.39 is 0 Å². The van der Waals surface area contributed by atoms with E-state index in [1.54, 1.807) is 12.1 Å². The Morgan fingerprint density at radius 3 is 2.07 bits per heavy atom. The summed E-state index contributed by atoms with van der Waals surface area (Å²) in [6.45, 7) is 2.28. The molecule has 2 heteroatoms. The van der Waals surface area contributed by atoms with Crippen LogP contribution in [0.25, 0.3) is 0 Å². The molecule has 0 heterocycles. The standard InChI is InChI=1S/C12H15F.H3N/c1-12(8-2-3-9-12)10-4-6-11(13)7-5-10;/h4-7H,2-3,8-9H2,1H3;1H3. The Morgan fingerprint density at radius 1 is 1.07 bits per heavy atom. The van der Waals surface area contributed by atoms with Crippen LogP contribution in [0.5, 0.6) is 0 Å². The van der Waals surface area contributed by atoms with Gasteiger partial charge in [-0.05, 0) is 36.0 Å². The summed E-state index contributed by atoms with van der Waals surface area (Å²) in [5, 5.41) is 0. The summed E-state index contributed by atoms with van der Waals surface area (Å²) in [5.41, 5.74) is 1.61. The van der Waals surface area contributed by atoms with Gasteiger partial charge in [-0.25, -0.2) is 4.39 Å². The Balaban J connectivity index is 0.000000980. The number of halogens is 1. The molecule has 1 aliphatic rings. The van der Waals surface area contributed by atoms with Crippen LogP contribution in [0.3, 0.4) is 0 Å². The zero-order chi connectivity index (χ0) is 9.31. The van der Waals surface area contributed by atoms with Gasteiger partial charge in [0.2, 0.25) is 0 Å². The quantitative estimate of drug-likeness (QED) is 0.726. The first-order valence-corrected chi connectivity index (χ1v) is 4.97. The van der Waals surface area contributed by atoms with Crippen LogP contribution >= 0.6 is 0 Å². The van der Waals surface area contributed by atoms with Gasteiger partial charge < -0.3 is 6.15 Å². The van der Waals surface area contributed by atoms with Crippen molar-refractivity contribution >= 4 is 0 Å². The Labute approximate surface area is 84.9 Å². The van der Waals surface area contributed by atoms with Crippen molar-refractivity contribution in [3.8, 4) is 0 Å². The highest BCUT2D eigenvalue weighted by Gasteiger charge is 2.30. The summed E-state index contributed by atoms with van der Waals surface area (Å²) in [4.78, 5) is 0. The van der Waals surface area contributed by atoms with Gasteiger partial charge in [-0.15, -0.1) is 0 Å². The molecular formula is C12H18FN. The molecule has 0 unspecified atom stereocenters. The molecule has 0 aromatic heterocycles. The van der Waals surface area contributed by atoms with E-state index in [2.05, 4.69) is 6.92 Å². The monoisotopic (exact) mass is 195 g/mol. The molecule has 2 rings (SSSR count). The molecule has 0 radical (unpaired) electrons. The third-order valence-corrected chi connectivity index (χ3v) is 3.25. The van der Waals surface area contributed by atoms with Gasteiger partial charge in [0, 0.05) is 0 Å². The molecular weight excluding hydrogens is 177 g/mol. The maximum Gasteiger partial charge on any atom is 0.123 e. The summed E-state index contributed by atoms with van der Waals surface area (Å²) < 4.78 is 12.7. The SMILES string of the molecule is CC1(c2ccc(F)cc2)CCCC1.N. The van der Waals surface area contributed by atoms with E-state index in [4.69, 9.17) is 0 Å². The fraction of sp³-hybridized carbons (Fsp3) is 0.500. The summed E-state index contributed by atoms with van der Waals surface area (Å²) >= 11 is 0. The third kappa shape index (κ3) is 1.95. The van der Waals surface area contributed by atoms with Crippen molar-refractivity contribution in [2.45, 2.75) is 38.0 Å². The van der Waals surface area contributed by atoms with E-state index in [9.17, 15) is 4.39 Å². The highest BCUT2D eigenvalue weighted by atomic mass is 19.1. The van der Waals surface area contributed by atoms with Gasteiger partial charge >= 0.3 is 0 Å². The van der Waals surface area contributed by atoms with Crippen LogP contribution in [0.4, 0.5) is 4.39 Å². The topological polar surface area (TPSA) is 35.0 Å². The molecule has 1 aliphatic carbocycles. The zero-order valence-electron chi connectivity index (χ0n) is 8.72. The fourth-order valence-corrected chi connectivity index (χ4v) is 2.30. The first-order valence-electron chi connectivity index (χ1n) is 4.97. The van der Waals surface area contributed by atoms with Crippen molar-refractivity contribution < 1.29 is 4.39 Å². The van der Waals surface area contributed by atoms with Crippen molar-refractivity contribution in [1.82, 2.24) is 6.15 Å². The molecule has 1 nitrogen and oxygen atoms in total. The third-order valence-electron chi connectivity index (χ3n) is 3.25. The molecule has 1 fully saturated rings. The van der Waals surface area contributed by atoms with Gasteiger partial charge in [0.1, 0.15) is 5.82 Å². The molecule has 0 saturated heterocycles. The average molecular weight is 195 g/mol. The number of hydrogen-bond acceptors (Lipinski definition) is 1. The smallest absolute Gasteiger partial charge is 0.123 e. The fourth-order valence-electron chi connectivity index (χ4n) is 2.30. The molecule has 0 spiro atoms. The second-order valence-corrected chi connectivity index (χ2v) is 4.27. The number of benzene rings is 1. The molecule has 78 valence electrons. The highest BCUT2D eigenvalue weighted by Crippen LogP contribution is 2.40. The largest absolute Gasteiger partial charge is 0.344 e. The van der Waals surface area contributed by atoms with Crippen molar-refractivity contribution in [2.24, 2.45) is 0 Å². The minimum absolute atomic E-state index is 0. The van der Waals surface area contributed by atoms with E-state index in [0.29, 0.717) is 5.41 Å². The lowest BCUT2D eigenvalue weighted by Gasteiger charge is -2.23. The summed E-state index contributed by atoms with van der Waals surface area (Å²) in [6, 6.07) is 7.00. The van der Waals surface area contributed by atoms with Crippen LogP contribution in [0.2, 0.25) is 0 Å².